The van der Waals surface area contributed by atoms with Crippen LogP contribution in [0.4, 0.5) is 0 Å². The molecule has 8 heteroatoms. The Kier molecular flexibility index (Phi) is 13.1. The molecule has 0 aromatic heterocycles. The van der Waals surface area contributed by atoms with Gasteiger partial charge in [-0.3, -0.25) is 0 Å². The molecule has 8 nitrogen and oxygen atoms in total. The Morgan fingerprint density at radius 3 is 1.15 bits per heavy atom. The first-order chi connectivity index (χ1) is 26.1. The minimum absolute atomic E-state index is 0.0658. The van der Waals surface area contributed by atoms with E-state index < -0.39 is 5.92 Å². The highest BCUT2D eigenvalue weighted by Gasteiger charge is 2.26. The number of hydrogen-bond donors (Lipinski definition) is 4. The van der Waals surface area contributed by atoms with E-state index in [9.17, 15) is 20.4 Å². The third kappa shape index (κ3) is 9.43. The molecule has 0 aliphatic carbocycles. The predicted octanol–water partition coefficient (Wildman–Crippen LogP) is 7.35. The minimum atomic E-state index is -0.401. The SMILES string of the molecule is OCCOc1ccc(-c2ccc(OCCO)c(C(c3ccc(-c4ccccc4)cc3)c3cc(-c4ccc(OCCO)cc4)ccc3OCCO)c2)cc1. The van der Waals surface area contributed by atoms with Crippen LogP contribution in [0.15, 0.2) is 140 Å². The van der Waals surface area contributed by atoms with Crippen LogP contribution in [0.25, 0.3) is 33.4 Å². The van der Waals surface area contributed by atoms with Gasteiger partial charge in [-0.05, 0) is 87.5 Å². The fraction of sp³-hybridized carbons (Fsp3) is 0.200. The topological polar surface area (TPSA) is 118 Å². The van der Waals surface area contributed by atoms with Crippen LogP contribution >= 0.6 is 0 Å². The van der Waals surface area contributed by atoms with Crippen molar-refractivity contribution < 1.29 is 39.4 Å². The Morgan fingerprint density at radius 2 is 0.717 bits per heavy atom. The van der Waals surface area contributed by atoms with Crippen LogP contribution in [0, 0.1) is 0 Å². The summed E-state index contributed by atoms with van der Waals surface area (Å²) >= 11 is 0. The molecule has 6 rings (SSSR count). The minimum Gasteiger partial charge on any atom is -0.491 e. The molecule has 0 heterocycles. The molecule has 0 fully saturated rings. The van der Waals surface area contributed by atoms with Crippen LogP contribution in [0.1, 0.15) is 22.6 Å². The zero-order valence-corrected chi connectivity index (χ0v) is 29.4. The Hall–Kier alpha value is -5.64. The lowest BCUT2D eigenvalue weighted by molar-refractivity contribution is 0.198. The molecular formula is C45H44O8. The highest BCUT2D eigenvalue weighted by molar-refractivity contribution is 5.72. The van der Waals surface area contributed by atoms with Gasteiger partial charge in [0, 0.05) is 17.0 Å². The van der Waals surface area contributed by atoms with Gasteiger partial charge < -0.3 is 39.4 Å². The zero-order valence-electron chi connectivity index (χ0n) is 29.4. The maximum Gasteiger partial charge on any atom is 0.123 e. The molecule has 0 bridgehead atoms. The maximum absolute atomic E-state index is 9.80. The highest BCUT2D eigenvalue weighted by atomic mass is 16.5. The summed E-state index contributed by atoms with van der Waals surface area (Å²) in [5, 5.41) is 38.0. The van der Waals surface area contributed by atoms with Crippen molar-refractivity contribution in [3.63, 3.8) is 0 Å². The fourth-order valence-electron chi connectivity index (χ4n) is 6.32. The van der Waals surface area contributed by atoms with E-state index in [0.29, 0.717) is 23.0 Å². The van der Waals surface area contributed by atoms with E-state index >= 15 is 0 Å². The quantitative estimate of drug-likeness (QED) is 0.0684. The first-order valence-electron chi connectivity index (χ1n) is 17.7. The van der Waals surface area contributed by atoms with Gasteiger partial charge in [0.1, 0.15) is 49.4 Å². The largest absolute Gasteiger partial charge is 0.491 e. The number of rotatable bonds is 18. The molecule has 0 amide bonds. The van der Waals surface area contributed by atoms with Crippen LogP contribution in [0.3, 0.4) is 0 Å². The second-order valence-electron chi connectivity index (χ2n) is 12.3. The van der Waals surface area contributed by atoms with Crippen LogP contribution in [-0.2, 0) is 0 Å². The molecule has 0 radical (unpaired) electrons. The Balaban J connectivity index is 1.53. The van der Waals surface area contributed by atoms with Crippen molar-refractivity contribution >= 4 is 0 Å². The van der Waals surface area contributed by atoms with Gasteiger partial charge >= 0.3 is 0 Å². The molecule has 6 aromatic carbocycles. The average Bonchev–Trinajstić information content (AvgIpc) is 3.22. The normalized spacial score (nSPS) is 11.0. The predicted molar refractivity (Wildman–Crippen MR) is 207 cm³/mol. The third-order valence-corrected chi connectivity index (χ3v) is 8.79. The van der Waals surface area contributed by atoms with E-state index in [4.69, 9.17) is 18.9 Å². The summed E-state index contributed by atoms with van der Waals surface area (Å²) in [7, 11) is 0. The van der Waals surface area contributed by atoms with Gasteiger partial charge in [0.2, 0.25) is 0 Å². The monoisotopic (exact) mass is 712 g/mol. The van der Waals surface area contributed by atoms with E-state index in [0.717, 1.165) is 50.1 Å². The number of aliphatic hydroxyl groups excluding tert-OH is 4. The lowest BCUT2D eigenvalue weighted by Crippen LogP contribution is -2.12. The summed E-state index contributed by atoms with van der Waals surface area (Å²) in [5.41, 5.74) is 8.72. The fourth-order valence-corrected chi connectivity index (χ4v) is 6.32. The van der Waals surface area contributed by atoms with Gasteiger partial charge in [0.05, 0.1) is 26.4 Å². The summed E-state index contributed by atoms with van der Waals surface area (Å²) in [6.45, 7) is 0.228. The van der Waals surface area contributed by atoms with Crippen molar-refractivity contribution in [3.05, 3.63) is 156 Å². The maximum atomic E-state index is 9.80. The second-order valence-corrected chi connectivity index (χ2v) is 12.3. The van der Waals surface area contributed by atoms with Crippen molar-refractivity contribution in [2.45, 2.75) is 5.92 Å². The molecule has 0 saturated heterocycles. The third-order valence-electron chi connectivity index (χ3n) is 8.79. The van der Waals surface area contributed by atoms with Crippen molar-refractivity contribution in [3.8, 4) is 56.4 Å². The van der Waals surface area contributed by atoms with Crippen LogP contribution in [-0.4, -0.2) is 73.3 Å². The second kappa shape index (κ2) is 18.7. The van der Waals surface area contributed by atoms with Crippen molar-refractivity contribution in [1.29, 1.82) is 0 Å². The standard InChI is InChI=1S/C45H44O8/c46-22-26-50-39-16-10-34(11-17-39)37-14-20-43(52-28-24-48)41(30-37)45(36-8-6-33(7-9-36)32-4-2-1-3-5-32)42-31-38(15-21-44(42)53-29-25-49)35-12-18-40(19-13-35)51-27-23-47/h1-21,30-31,45-49H,22-29H2. The number of aliphatic hydroxyl groups is 4. The van der Waals surface area contributed by atoms with Gasteiger partial charge in [0.25, 0.3) is 0 Å². The summed E-state index contributed by atoms with van der Waals surface area (Å²) in [6, 6.07) is 46.2. The average molecular weight is 713 g/mol. The molecule has 0 saturated carbocycles. The highest BCUT2D eigenvalue weighted by Crippen LogP contribution is 2.45. The summed E-state index contributed by atoms with van der Waals surface area (Å²) in [4.78, 5) is 0. The number of ether oxygens (including phenoxy) is 4. The summed E-state index contributed by atoms with van der Waals surface area (Å²) in [5.74, 6) is 2.16. The van der Waals surface area contributed by atoms with E-state index in [1.54, 1.807) is 0 Å². The van der Waals surface area contributed by atoms with Gasteiger partial charge in [-0.1, -0.05) is 91.0 Å². The summed E-state index contributed by atoms with van der Waals surface area (Å²) < 4.78 is 23.7. The van der Waals surface area contributed by atoms with E-state index in [-0.39, 0.29) is 52.9 Å². The molecule has 0 aliphatic heterocycles. The molecule has 0 atom stereocenters. The van der Waals surface area contributed by atoms with Crippen LogP contribution < -0.4 is 18.9 Å². The molecule has 4 N–H and O–H groups in total. The molecule has 53 heavy (non-hydrogen) atoms. The Morgan fingerprint density at radius 1 is 0.358 bits per heavy atom. The van der Waals surface area contributed by atoms with Gasteiger partial charge in [-0.2, -0.15) is 0 Å². The molecule has 0 unspecified atom stereocenters. The first kappa shape index (κ1) is 37.1. The molecule has 0 aliphatic rings. The number of hydrogen-bond acceptors (Lipinski definition) is 8. The molecular weight excluding hydrogens is 668 g/mol. The summed E-state index contributed by atoms with van der Waals surface area (Å²) in [6.07, 6.45) is 0. The van der Waals surface area contributed by atoms with Gasteiger partial charge in [-0.25, -0.2) is 0 Å². The van der Waals surface area contributed by atoms with E-state index in [2.05, 4.69) is 48.5 Å². The van der Waals surface area contributed by atoms with E-state index in [1.807, 2.05) is 91.0 Å². The van der Waals surface area contributed by atoms with Crippen LogP contribution in [0.5, 0.6) is 23.0 Å². The molecule has 6 aromatic rings. The van der Waals surface area contributed by atoms with Crippen LogP contribution in [0.2, 0.25) is 0 Å². The first-order valence-corrected chi connectivity index (χ1v) is 17.7. The lowest BCUT2D eigenvalue weighted by Gasteiger charge is -2.26. The van der Waals surface area contributed by atoms with Crippen molar-refractivity contribution in [2.24, 2.45) is 0 Å². The van der Waals surface area contributed by atoms with E-state index in [1.165, 1.54) is 0 Å². The Labute approximate surface area is 310 Å². The number of benzene rings is 6. The van der Waals surface area contributed by atoms with Crippen molar-refractivity contribution in [2.75, 3.05) is 52.9 Å². The van der Waals surface area contributed by atoms with Crippen molar-refractivity contribution in [1.82, 2.24) is 0 Å². The molecule has 272 valence electrons. The smallest absolute Gasteiger partial charge is 0.123 e. The van der Waals surface area contributed by atoms with Gasteiger partial charge in [-0.15, -0.1) is 0 Å². The lowest BCUT2D eigenvalue weighted by atomic mass is 9.81. The Bertz CT molecular complexity index is 1900. The molecule has 0 spiro atoms. The van der Waals surface area contributed by atoms with Gasteiger partial charge in [0.15, 0.2) is 0 Å². The zero-order chi connectivity index (χ0) is 36.8.